The molecule has 4 rings (SSSR count). The summed E-state index contributed by atoms with van der Waals surface area (Å²) < 4.78 is 1.50. The average molecular weight is 370 g/mol. The number of nitro groups is 1. The van der Waals surface area contributed by atoms with Crippen LogP contribution in [0, 0.1) is 21.4 Å². The largest absolute Gasteiger partial charge is 0.481 e. The van der Waals surface area contributed by atoms with Gasteiger partial charge in [-0.25, -0.2) is 4.68 Å². The number of hydrogen-bond donors (Lipinski definition) is 1. The number of non-ortho nitro benzene ring substituents is 1. The molecule has 9 heteroatoms. The first kappa shape index (κ1) is 17.2. The molecular formula is C18H18N4O5. The molecule has 2 fully saturated rings. The molecule has 27 heavy (non-hydrogen) atoms. The highest BCUT2D eigenvalue weighted by molar-refractivity contribution is 5.94. The third kappa shape index (κ3) is 3.05. The second-order valence-corrected chi connectivity index (χ2v) is 7.20. The fraction of sp³-hybridized carbons (Fsp3) is 0.389. The number of nitro benzene ring substituents is 1. The molecule has 1 saturated carbocycles. The molecule has 2 heterocycles. The maximum atomic E-state index is 12.7. The molecule has 1 aliphatic carbocycles. The second-order valence-electron chi connectivity index (χ2n) is 7.20. The van der Waals surface area contributed by atoms with Crippen LogP contribution in [0.4, 0.5) is 5.69 Å². The van der Waals surface area contributed by atoms with Crippen LogP contribution in [-0.4, -0.2) is 49.7 Å². The van der Waals surface area contributed by atoms with E-state index in [1.807, 2.05) is 0 Å². The Morgan fingerprint density at radius 2 is 1.89 bits per heavy atom. The van der Waals surface area contributed by atoms with E-state index in [4.69, 9.17) is 5.11 Å². The lowest BCUT2D eigenvalue weighted by atomic mass is 9.90. The Morgan fingerprint density at radius 3 is 2.44 bits per heavy atom. The van der Waals surface area contributed by atoms with E-state index in [0.29, 0.717) is 43.6 Å². The van der Waals surface area contributed by atoms with Crippen molar-refractivity contribution in [3.8, 4) is 5.69 Å². The summed E-state index contributed by atoms with van der Waals surface area (Å²) in [6, 6.07) is 5.92. The van der Waals surface area contributed by atoms with Crippen LogP contribution in [0.25, 0.3) is 5.69 Å². The molecule has 1 saturated heterocycles. The first-order valence-corrected chi connectivity index (χ1v) is 8.71. The summed E-state index contributed by atoms with van der Waals surface area (Å²) in [5.41, 5.74) is 0.935. The van der Waals surface area contributed by atoms with Gasteiger partial charge in [0.1, 0.15) is 0 Å². The lowest BCUT2D eigenvalue weighted by Crippen LogP contribution is -2.39. The third-order valence-corrected chi connectivity index (χ3v) is 5.69. The van der Waals surface area contributed by atoms with Crippen molar-refractivity contribution in [2.75, 3.05) is 13.1 Å². The zero-order valence-electron chi connectivity index (χ0n) is 14.4. The number of hydrogen-bond acceptors (Lipinski definition) is 5. The van der Waals surface area contributed by atoms with Gasteiger partial charge < -0.3 is 10.0 Å². The van der Waals surface area contributed by atoms with Crippen molar-refractivity contribution < 1.29 is 19.6 Å². The van der Waals surface area contributed by atoms with Crippen molar-refractivity contribution in [1.29, 1.82) is 0 Å². The Bertz CT molecular complexity index is 912. The average Bonchev–Trinajstić information content (AvgIpc) is 3.14. The predicted octanol–water partition coefficient (Wildman–Crippen LogP) is 2.11. The van der Waals surface area contributed by atoms with Gasteiger partial charge in [-0.05, 0) is 36.8 Å². The summed E-state index contributed by atoms with van der Waals surface area (Å²) >= 11 is 0. The number of aliphatic carboxylic acids is 1. The number of benzene rings is 1. The van der Waals surface area contributed by atoms with Gasteiger partial charge in [0, 0.05) is 31.4 Å². The second kappa shape index (κ2) is 6.19. The quantitative estimate of drug-likeness (QED) is 0.650. The van der Waals surface area contributed by atoms with Crippen molar-refractivity contribution in [2.45, 2.75) is 19.3 Å². The SMILES string of the molecule is O=C(O)C1CC12CCN(C(=O)c1cnn(-c3ccc([N+](=O)[O-])cc3)c1)CC2. The molecule has 140 valence electrons. The fourth-order valence-electron chi connectivity index (χ4n) is 3.89. The molecule has 2 aliphatic rings. The fourth-order valence-corrected chi connectivity index (χ4v) is 3.89. The minimum atomic E-state index is -0.737. The standard InChI is InChI=1S/C18H18N4O5/c23-16(20-7-5-18(6-8-20)9-15(18)17(24)25)12-10-19-21(11-12)13-1-3-14(4-2-13)22(26)27/h1-4,10-11,15H,5-9H2,(H,24,25). The van der Waals surface area contributed by atoms with E-state index in [1.165, 1.54) is 23.0 Å². The van der Waals surface area contributed by atoms with E-state index in [0.717, 1.165) is 0 Å². The molecule has 1 amide bonds. The summed E-state index contributed by atoms with van der Waals surface area (Å²) in [5.74, 6) is -1.13. The van der Waals surface area contributed by atoms with Crippen LogP contribution in [0.3, 0.4) is 0 Å². The van der Waals surface area contributed by atoms with E-state index in [1.54, 1.807) is 23.2 Å². The molecule has 1 unspecified atom stereocenters. The number of nitrogens with zero attached hydrogens (tertiary/aromatic N) is 4. The van der Waals surface area contributed by atoms with Crippen molar-refractivity contribution in [3.05, 3.63) is 52.3 Å². The van der Waals surface area contributed by atoms with Gasteiger partial charge in [-0.15, -0.1) is 0 Å². The molecule has 1 spiro atoms. The van der Waals surface area contributed by atoms with Gasteiger partial charge in [-0.3, -0.25) is 19.7 Å². The minimum absolute atomic E-state index is 0.0100. The van der Waals surface area contributed by atoms with Crippen LogP contribution in [0.5, 0.6) is 0 Å². The number of aromatic nitrogens is 2. The normalized spacial score (nSPS) is 20.4. The number of carboxylic acids is 1. The first-order valence-electron chi connectivity index (χ1n) is 8.71. The summed E-state index contributed by atoms with van der Waals surface area (Å²) in [6.07, 6.45) is 5.22. The van der Waals surface area contributed by atoms with Gasteiger partial charge in [0.05, 0.1) is 28.3 Å². The molecule has 1 atom stereocenters. The summed E-state index contributed by atoms with van der Waals surface area (Å²) in [4.78, 5) is 35.8. The van der Waals surface area contributed by atoms with Crippen LogP contribution in [0.1, 0.15) is 29.6 Å². The molecule has 9 nitrogen and oxygen atoms in total. The number of carbonyl (C=O) groups is 2. The zero-order chi connectivity index (χ0) is 19.2. The monoisotopic (exact) mass is 370 g/mol. The Labute approximate surface area is 154 Å². The van der Waals surface area contributed by atoms with Gasteiger partial charge in [0.2, 0.25) is 0 Å². The number of amides is 1. The molecule has 1 aromatic carbocycles. The van der Waals surface area contributed by atoms with Crippen LogP contribution in [0.2, 0.25) is 0 Å². The van der Waals surface area contributed by atoms with E-state index >= 15 is 0 Å². The van der Waals surface area contributed by atoms with Gasteiger partial charge in [-0.1, -0.05) is 0 Å². The van der Waals surface area contributed by atoms with Crippen LogP contribution < -0.4 is 0 Å². The highest BCUT2D eigenvalue weighted by atomic mass is 16.6. The molecule has 0 bridgehead atoms. The van der Waals surface area contributed by atoms with Crippen LogP contribution in [-0.2, 0) is 4.79 Å². The molecule has 1 aliphatic heterocycles. The highest BCUT2D eigenvalue weighted by Gasteiger charge is 2.59. The molecule has 1 N–H and O–H groups in total. The lowest BCUT2D eigenvalue weighted by Gasteiger charge is -2.32. The summed E-state index contributed by atoms with van der Waals surface area (Å²) in [6.45, 7) is 1.09. The van der Waals surface area contributed by atoms with E-state index in [9.17, 15) is 19.7 Å². The van der Waals surface area contributed by atoms with Crippen molar-refractivity contribution in [2.24, 2.45) is 11.3 Å². The van der Waals surface area contributed by atoms with Crippen LogP contribution >= 0.6 is 0 Å². The van der Waals surface area contributed by atoms with Crippen molar-refractivity contribution in [3.63, 3.8) is 0 Å². The minimum Gasteiger partial charge on any atom is -0.481 e. The topological polar surface area (TPSA) is 119 Å². The number of rotatable bonds is 4. The number of piperidine rings is 1. The van der Waals surface area contributed by atoms with Crippen molar-refractivity contribution in [1.82, 2.24) is 14.7 Å². The Hall–Kier alpha value is -3.23. The Kier molecular flexibility index (Phi) is 3.94. The van der Waals surface area contributed by atoms with Crippen molar-refractivity contribution >= 4 is 17.6 Å². The maximum absolute atomic E-state index is 12.7. The number of carbonyl (C=O) groups excluding carboxylic acids is 1. The third-order valence-electron chi connectivity index (χ3n) is 5.69. The van der Waals surface area contributed by atoms with Gasteiger partial charge in [-0.2, -0.15) is 5.10 Å². The number of likely N-dealkylation sites (tertiary alicyclic amines) is 1. The van der Waals surface area contributed by atoms with E-state index < -0.39 is 10.9 Å². The molecule has 2 aromatic rings. The predicted molar refractivity (Wildman–Crippen MR) is 93.5 cm³/mol. The summed E-state index contributed by atoms with van der Waals surface area (Å²) in [5, 5.41) is 24.1. The van der Waals surface area contributed by atoms with Crippen LogP contribution in [0.15, 0.2) is 36.7 Å². The lowest BCUT2D eigenvalue weighted by molar-refractivity contribution is -0.384. The Morgan fingerprint density at radius 1 is 1.22 bits per heavy atom. The van der Waals surface area contributed by atoms with Gasteiger partial charge in [0.15, 0.2) is 0 Å². The smallest absolute Gasteiger partial charge is 0.307 e. The zero-order valence-corrected chi connectivity index (χ0v) is 14.4. The molecular weight excluding hydrogens is 352 g/mol. The first-order chi connectivity index (χ1) is 12.9. The summed E-state index contributed by atoms with van der Waals surface area (Å²) in [7, 11) is 0. The van der Waals surface area contributed by atoms with E-state index in [2.05, 4.69) is 5.10 Å². The van der Waals surface area contributed by atoms with E-state index in [-0.39, 0.29) is 22.9 Å². The molecule has 1 aromatic heterocycles. The van der Waals surface area contributed by atoms with Gasteiger partial charge >= 0.3 is 5.97 Å². The van der Waals surface area contributed by atoms with Gasteiger partial charge in [0.25, 0.3) is 11.6 Å². The highest BCUT2D eigenvalue weighted by Crippen LogP contribution is 2.59. The molecule has 0 radical (unpaired) electrons. The maximum Gasteiger partial charge on any atom is 0.307 e. The number of carboxylic acid groups (broad SMARTS) is 1. The Balaban J connectivity index is 1.42.